The predicted molar refractivity (Wildman–Crippen MR) is 151 cm³/mol. The Balaban J connectivity index is 1.07. The van der Waals surface area contributed by atoms with Gasteiger partial charge in [0, 0.05) is 51.1 Å². The van der Waals surface area contributed by atoms with Crippen LogP contribution < -0.4 is 20.3 Å². The van der Waals surface area contributed by atoms with Crippen LogP contribution >= 0.6 is 0 Å². The quantitative estimate of drug-likeness (QED) is 0.509. The summed E-state index contributed by atoms with van der Waals surface area (Å²) in [4.78, 5) is 28.2. The molecule has 3 saturated heterocycles. The number of aryl methyl sites for hydroxylation is 1. The molecule has 10 nitrogen and oxygen atoms in total. The summed E-state index contributed by atoms with van der Waals surface area (Å²) in [6, 6.07) is 2.74. The van der Waals surface area contributed by atoms with E-state index in [1.807, 2.05) is 11.1 Å². The van der Waals surface area contributed by atoms with Gasteiger partial charge in [0.1, 0.15) is 11.6 Å². The molecule has 2 aromatic rings. The van der Waals surface area contributed by atoms with Gasteiger partial charge in [-0.25, -0.2) is 4.98 Å². The molecule has 0 bridgehead atoms. The fourth-order valence-corrected chi connectivity index (χ4v) is 6.29. The van der Waals surface area contributed by atoms with Crippen molar-refractivity contribution >= 4 is 17.7 Å². The Labute approximate surface area is 232 Å². The summed E-state index contributed by atoms with van der Waals surface area (Å²) >= 11 is 0. The number of hydrogen-bond acceptors (Lipinski definition) is 9. The van der Waals surface area contributed by atoms with Gasteiger partial charge in [-0.1, -0.05) is 25.9 Å². The van der Waals surface area contributed by atoms with Crippen LogP contribution in [0.5, 0.6) is 5.75 Å². The van der Waals surface area contributed by atoms with Crippen LogP contribution in [-0.2, 0) is 4.79 Å². The molecule has 3 atom stereocenters. The summed E-state index contributed by atoms with van der Waals surface area (Å²) in [7, 11) is 0. The van der Waals surface area contributed by atoms with Gasteiger partial charge in [-0.3, -0.25) is 4.79 Å². The summed E-state index contributed by atoms with van der Waals surface area (Å²) < 4.78 is 11.6. The molecule has 0 spiro atoms. The average Bonchev–Trinajstić information content (AvgIpc) is 3.57. The second kappa shape index (κ2) is 12.1. The molecule has 1 amide bonds. The van der Waals surface area contributed by atoms with Crippen molar-refractivity contribution in [2.24, 2.45) is 17.6 Å². The topological polar surface area (TPSA) is 114 Å². The highest BCUT2D eigenvalue weighted by Gasteiger charge is 2.38. The summed E-state index contributed by atoms with van der Waals surface area (Å²) in [5, 5.41) is 4.11. The second-order valence-corrected chi connectivity index (χ2v) is 12.0. The largest absolute Gasteiger partial charge is 0.492 e. The van der Waals surface area contributed by atoms with Crippen molar-refractivity contribution in [2.45, 2.75) is 84.2 Å². The zero-order chi connectivity index (χ0) is 27.5. The Kier molecular flexibility index (Phi) is 8.59. The van der Waals surface area contributed by atoms with Gasteiger partial charge >= 0.3 is 6.01 Å². The lowest BCUT2D eigenvalue weighted by Crippen LogP contribution is -2.51. The van der Waals surface area contributed by atoms with E-state index in [0.29, 0.717) is 37.4 Å². The van der Waals surface area contributed by atoms with E-state index in [2.05, 4.69) is 53.7 Å². The number of ether oxygens (including phenoxy) is 1. The van der Waals surface area contributed by atoms with Gasteiger partial charge in [-0.2, -0.15) is 4.98 Å². The van der Waals surface area contributed by atoms with Gasteiger partial charge in [0.05, 0.1) is 18.8 Å². The molecule has 39 heavy (non-hydrogen) atoms. The summed E-state index contributed by atoms with van der Waals surface area (Å²) in [5.74, 6) is 4.28. The molecule has 0 aromatic carbocycles. The number of nitrogens with two attached hydrogens (primary N) is 1. The summed E-state index contributed by atoms with van der Waals surface area (Å²) in [6.07, 6.45) is 7.78. The zero-order valence-electron chi connectivity index (χ0n) is 24.0. The zero-order valence-corrected chi connectivity index (χ0v) is 24.0. The SMILES string of the molecule is Cc1cc(OCCC(C)C2CCN(c3nc(C(C)C)no3)CC2)cnc1N1CC(N)C(N2CCCCC2=O)C1. The fourth-order valence-electron chi connectivity index (χ4n) is 6.29. The maximum absolute atomic E-state index is 12.4. The van der Waals surface area contributed by atoms with E-state index in [9.17, 15) is 4.79 Å². The van der Waals surface area contributed by atoms with Crippen molar-refractivity contribution < 1.29 is 14.1 Å². The molecule has 5 heterocycles. The maximum atomic E-state index is 12.4. The number of hydrogen-bond donors (Lipinski definition) is 1. The van der Waals surface area contributed by atoms with Crippen LogP contribution in [0.15, 0.2) is 16.8 Å². The molecular weight excluding hydrogens is 494 g/mol. The number of pyridine rings is 1. The van der Waals surface area contributed by atoms with E-state index >= 15 is 0 Å². The highest BCUT2D eigenvalue weighted by molar-refractivity contribution is 5.77. The van der Waals surface area contributed by atoms with Crippen LogP contribution in [0, 0.1) is 18.8 Å². The Bertz CT molecular complexity index is 1110. The molecule has 5 rings (SSSR count). The normalized spacial score (nSPS) is 23.6. The number of amides is 1. The maximum Gasteiger partial charge on any atom is 0.324 e. The molecule has 2 N–H and O–H groups in total. The molecule has 3 aliphatic heterocycles. The lowest BCUT2D eigenvalue weighted by atomic mass is 9.84. The van der Waals surface area contributed by atoms with Crippen LogP contribution in [0.3, 0.4) is 0 Å². The van der Waals surface area contributed by atoms with Gasteiger partial charge in [0.2, 0.25) is 5.91 Å². The van der Waals surface area contributed by atoms with E-state index < -0.39 is 0 Å². The van der Waals surface area contributed by atoms with Crippen LogP contribution in [-0.4, -0.2) is 77.3 Å². The number of nitrogens with zero attached hydrogens (tertiary/aromatic N) is 6. The van der Waals surface area contributed by atoms with E-state index in [4.69, 9.17) is 20.0 Å². The number of anilines is 2. The first kappa shape index (κ1) is 27.7. The lowest BCUT2D eigenvalue weighted by molar-refractivity contribution is -0.135. The standard InChI is InChI=1S/C29H45N7O3/c1-19(2)27-32-29(39-33-27)34-12-8-22(9-13-34)20(3)10-14-38-23-15-21(4)28(31-16-23)35-17-24(30)25(18-35)36-11-6-5-7-26(36)37/h15-16,19-20,22,24-25H,5-14,17-18,30H2,1-4H3. The Morgan fingerprint density at radius 3 is 2.62 bits per heavy atom. The van der Waals surface area contributed by atoms with E-state index in [1.54, 1.807) is 0 Å². The van der Waals surface area contributed by atoms with Crippen molar-refractivity contribution in [1.82, 2.24) is 20.0 Å². The number of piperidine rings is 2. The van der Waals surface area contributed by atoms with E-state index in [-0.39, 0.29) is 23.9 Å². The second-order valence-electron chi connectivity index (χ2n) is 12.0. The van der Waals surface area contributed by atoms with E-state index in [1.165, 1.54) is 0 Å². The predicted octanol–water partition coefficient (Wildman–Crippen LogP) is 3.75. The van der Waals surface area contributed by atoms with Crippen molar-refractivity contribution in [1.29, 1.82) is 0 Å². The average molecular weight is 540 g/mol. The Morgan fingerprint density at radius 1 is 1.13 bits per heavy atom. The first-order valence-electron chi connectivity index (χ1n) is 14.8. The third-order valence-corrected chi connectivity index (χ3v) is 8.82. The van der Waals surface area contributed by atoms with Crippen molar-refractivity contribution in [3.63, 3.8) is 0 Å². The van der Waals surface area contributed by atoms with Crippen LogP contribution in [0.1, 0.15) is 76.6 Å². The van der Waals surface area contributed by atoms with Crippen LogP contribution in [0.25, 0.3) is 0 Å². The highest BCUT2D eigenvalue weighted by atomic mass is 16.5. The van der Waals surface area contributed by atoms with Crippen molar-refractivity contribution in [3.8, 4) is 5.75 Å². The highest BCUT2D eigenvalue weighted by Crippen LogP contribution is 2.31. The molecule has 0 radical (unpaired) electrons. The molecule has 3 fully saturated rings. The van der Waals surface area contributed by atoms with Gasteiger partial charge < -0.3 is 29.7 Å². The first-order valence-corrected chi connectivity index (χ1v) is 14.8. The third-order valence-electron chi connectivity index (χ3n) is 8.82. The summed E-state index contributed by atoms with van der Waals surface area (Å²) in [5.41, 5.74) is 7.56. The van der Waals surface area contributed by atoms with Crippen LogP contribution in [0.2, 0.25) is 0 Å². The Morgan fingerprint density at radius 2 is 1.92 bits per heavy atom. The number of carbonyl (C=O) groups is 1. The monoisotopic (exact) mass is 539 g/mol. The first-order chi connectivity index (χ1) is 18.8. The smallest absolute Gasteiger partial charge is 0.324 e. The number of aromatic nitrogens is 3. The van der Waals surface area contributed by atoms with Crippen LogP contribution in [0.4, 0.5) is 11.8 Å². The third kappa shape index (κ3) is 6.31. The lowest BCUT2D eigenvalue weighted by Gasteiger charge is -2.34. The number of carbonyl (C=O) groups excluding carboxylic acids is 1. The molecule has 10 heteroatoms. The van der Waals surface area contributed by atoms with Gasteiger partial charge in [-0.05, 0) is 62.5 Å². The van der Waals surface area contributed by atoms with Gasteiger partial charge in [-0.15, -0.1) is 0 Å². The summed E-state index contributed by atoms with van der Waals surface area (Å²) in [6.45, 7) is 13.4. The molecule has 3 unspecified atom stereocenters. The van der Waals surface area contributed by atoms with Gasteiger partial charge in [0.25, 0.3) is 0 Å². The van der Waals surface area contributed by atoms with Crippen molar-refractivity contribution in [2.75, 3.05) is 49.1 Å². The molecule has 214 valence electrons. The fraction of sp³-hybridized carbons (Fsp3) is 0.724. The molecule has 0 saturated carbocycles. The molecule has 3 aliphatic rings. The minimum Gasteiger partial charge on any atom is -0.492 e. The molecule has 0 aliphatic carbocycles. The molecule has 2 aromatic heterocycles. The Hall–Kier alpha value is -2.88. The molecular formula is C29H45N7O3. The van der Waals surface area contributed by atoms with E-state index in [0.717, 1.165) is 81.2 Å². The van der Waals surface area contributed by atoms with Crippen molar-refractivity contribution in [3.05, 3.63) is 23.7 Å². The minimum atomic E-state index is -0.0537. The number of likely N-dealkylation sites (tertiary alicyclic amines) is 1. The number of rotatable bonds is 9. The minimum absolute atomic E-state index is 0.0537. The van der Waals surface area contributed by atoms with Gasteiger partial charge in [0.15, 0.2) is 5.82 Å².